The van der Waals surface area contributed by atoms with E-state index in [9.17, 15) is 5.11 Å². The van der Waals surface area contributed by atoms with Gasteiger partial charge in [-0.15, -0.1) is 0 Å². The minimum Gasteiger partial charge on any atom is -0.506 e. The number of fused-ring (bicyclic) bond motifs is 1. The quantitative estimate of drug-likeness (QED) is 0.778. The average Bonchev–Trinajstić information content (AvgIpc) is 2.57. The van der Waals surface area contributed by atoms with Crippen molar-refractivity contribution in [2.24, 2.45) is 5.92 Å². The van der Waals surface area contributed by atoms with Gasteiger partial charge in [0.1, 0.15) is 10.8 Å². The third-order valence-corrected chi connectivity index (χ3v) is 3.86. The lowest BCUT2D eigenvalue weighted by Crippen LogP contribution is -1.95. The predicted molar refractivity (Wildman–Crippen MR) is 59.3 cm³/mol. The molecule has 14 heavy (non-hydrogen) atoms. The Hall–Kier alpha value is -0.400. The van der Waals surface area contributed by atoms with Crippen LogP contribution in [0, 0.1) is 5.92 Å². The molecule has 0 fully saturated rings. The summed E-state index contributed by atoms with van der Waals surface area (Å²) in [5, 5.41) is 10.3. The predicted octanol–water partition coefficient (Wildman–Crippen LogP) is 3.82. The van der Waals surface area contributed by atoms with Crippen LogP contribution in [0.5, 0.6) is 5.75 Å². The Labute approximate surface area is 93.7 Å². The van der Waals surface area contributed by atoms with Gasteiger partial charge in [0.2, 0.25) is 0 Å². The van der Waals surface area contributed by atoms with E-state index in [1.807, 2.05) is 0 Å². The van der Waals surface area contributed by atoms with E-state index in [2.05, 4.69) is 6.92 Å². The maximum absolute atomic E-state index is 9.51. The largest absolute Gasteiger partial charge is 0.506 e. The van der Waals surface area contributed by atoms with Crippen LogP contribution in [-0.2, 0) is 12.8 Å². The molecule has 0 amide bonds. The van der Waals surface area contributed by atoms with Gasteiger partial charge in [0.15, 0.2) is 0 Å². The maximum Gasteiger partial charge on any atom is 0.135 e. The molecule has 3 heteroatoms. The van der Waals surface area contributed by atoms with Crippen molar-refractivity contribution in [3.63, 3.8) is 0 Å². The number of benzene rings is 1. The summed E-state index contributed by atoms with van der Waals surface area (Å²) in [5.74, 6) is 0.757. The normalized spacial score (nSPS) is 19.8. The summed E-state index contributed by atoms with van der Waals surface area (Å²) in [4.78, 5) is 0. The molecule has 0 aliphatic heterocycles. The SMILES string of the molecule is CCC1Cc2cc(O)c(Cl)c(Cl)c2C1. The first-order valence-corrected chi connectivity index (χ1v) is 5.57. The summed E-state index contributed by atoms with van der Waals surface area (Å²) in [6.45, 7) is 2.17. The van der Waals surface area contributed by atoms with Crippen LogP contribution in [0.3, 0.4) is 0 Å². The third-order valence-electron chi connectivity index (χ3n) is 2.96. The Morgan fingerprint density at radius 3 is 2.71 bits per heavy atom. The number of aromatic hydroxyl groups is 1. The lowest BCUT2D eigenvalue weighted by molar-refractivity contribution is 0.474. The first kappa shape index (κ1) is 10.1. The van der Waals surface area contributed by atoms with Gasteiger partial charge < -0.3 is 5.11 Å². The van der Waals surface area contributed by atoms with E-state index in [0.29, 0.717) is 16.0 Å². The molecule has 1 nitrogen and oxygen atoms in total. The molecule has 1 atom stereocenters. The molecule has 0 radical (unpaired) electrons. The zero-order valence-corrected chi connectivity index (χ0v) is 9.49. The van der Waals surface area contributed by atoms with Gasteiger partial charge in [-0.25, -0.2) is 0 Å². The lowest BCUT2D eigenvalue weighted by atomic mass is 10.0. The molecular formula is C11H12Cl2O. The Morgan fingerprint density at radius 2 is 2.07 bits per heavy atom. The zero-order valence-electron chi connectivity index (χ0n) is 7.98. The van der Waals surface area contributed by atoms with Gasteiger partial charge in [0, 0.05) is 0 Å². The second-order valence-corrected chi connectivity index (χ2v) is 4.60. The van der Waals surface area contributed by atoms with Crippen LogP contribution < -0.4 is 0 Å². The average molecular weight is 231 g/mol. The van der Waals surface area contributed by atoms with Gasteiger partial charge in [-0.1, -0.05) is 36.5 Å². The molecule has 76 valence electrons. The fraction of sp³-hybridized carbons (Fsp3) is 0.455. The number of halogens is 2. The standard InChI is InChI=1S/C11H12Cl2O/c1-2-6-3-7-5-9(14)11(13)10(12)8(7)4-6/h5-6,14H,2-4H2,1H3. The molecule has 1 N–H and O–H groups in total. The van der Waals surface area contributed by atoms with Gasteiger partial charge in [0.25, 0.3) is 0 Å². The Bertz CT molecular complexity index is 374. The first-order chi connectivity index (χ1) is 6.63. The van der Waals surface area contributed by atoms with Crippen LogP contribution in [0.15, 0.2) is 6.07 Å². The number of rotatable bonds is 1. The molecule has 0 saturated carbocycles. The summed E-state index contributed by atoms with van der Waals surface area (Å²) in [7, 11) is 0. The van der Waals surface area contributed by atoms with Crippen LogP contribution in [0.1, 0.15) is 24.5 Å². The molecule has 0 aromatic heterocycles. The van der Waals surface area contributed by atoms with Crippen molar-refractivity contribution in [1.82, 2.24) is 0 Å². The fourth-order valence-electron chi connectivity index (χ4n) is 2.06. The minimum atomic E-state index is 0.104. The highest BCUT2D eigenvalue weighted by atomic mass is 35.5. The zero-order chi connectivity index (χ0) is 10.3. The summed E-state index contributed by atoms with van der Waals surface area (Å²) in [5.41, 5.74) is 2.28. The van der Waals surface area contributed by atoms with Crippen molar-refractivity contribution >= 4 is 23.2 Å². The van der Waals surface area contributed by atoms with Gasteiger partial charge in [-0.05, 0) is 36.0 Å². The highest BCUT2D eigenvalue weighted by molar-refractivity contribution is 6.43. The second-order valence-electron chi connectivity index (χ2n) is 3.84. The molecule has 0 heterocycles. The monoisotopic (exact) mass is 230 g/mol. The minimum absolute atomic E-state index is 0.104. The number of hydrogen-bond acceptors (Lipinski definition) is 1. The highest BCUT2D eigenvalue weighted by Gasteiger charge is 2.25. The Morgan fingerprint density at radius 1 is 1.36 bits per heavy atom. The summed E-state index contributed by atoms with van der Waals surface area (Å²) < 4.78 is 0. The summed E-state index contributed by atoms with van der Waals surface area (Å²) in [6.07, 6.45) is 3.14. The molecule has 0 bridgehead atoms. The molecule has 1 aromatic carbocycles. The van der Waals surface area contributed by atoms with Crippen molar-refractivity contribution < 1.29 is 5.11 Å². The van der Waals surface area contributed by atoms with E-state index in [1.165, 1.54) is 0 Å². The molecule has 1 aromatic rings. The number of hydrogen-bond donors (Lipinski definition) is 1. The van der Waals surface area contributed by atoms with Crippen LogP contribution in [0.2, 0.25) is 10.0 Å². The summed E-state index contributed by atoms with van der Waals surface area (Å²) >= 11 is 11.9. The number of phenolic OH excluding ortho intramolecular Hbond substituents is 1. The van der Waals surface area contributed by atoms with E-state index in [4.69, 9.17) is 23.2 Å². The van der Waals surface area contributed by atoms with Gasteiger partial charge in [-0.3, -0.25) is 0 Å². The fourth-order valence-corrected chi connectivity index (χ4v) is 2.53. The topological polar surface area (TPSA) is 20.2 Å². The molecule has 1 unspecified atom stereocenters. The van der Waals surface area contributed by atoms with E-state index < -0.39 is 0 Å². The smallest absolute Gasteiger partial charge is 0.135 e. The highest BCUT2D eigenvalue weighted by Crippen LogP contribution is 2.42. The van der Waals surface area contributed by atoms with E-state index in [-0.39, 0.29) is 5.75 Å². The summed E-state index contributed by atoms with van der Waals surface area (Å²) in [6, 6.07) is 1.75. The Balaban J connectivity index is 2.48. The maximum atomic E-state index is 9.51. The lowest BCUT2D eigenvalue weighted by Gasteiger charge is -2.05. The third kappa shape index (κ3) is 1.49. The van der Waals surface area contributed by atoms with E-state index >= 15 is 0 Å². The van der Waals surface area contributed by atoms with Crippen molar-refractivity contribution in [1.29, 1.82) is 0 Å². The van der Waals surface area contributed by atoms with E-state index in [1.54, 1.807) is 6.07 Å². The molecule has 2 rings (SSSR count). The van der Waals surface area contributed by atoms with Crippen molar-refractivity contribution in [2.45, 2.75) is 26.2 Å². The van der Waals surface area contributed by atoms with Gasteiger partial charge in [0.05, 0.1) is 5.02 Å². The van der Waals surface area contributed by atoms with Gasteiger partial charge in [-0.2, -0.15) is 0 Å². The molecule has 1 aliphatic carbocycles. The van der Waals surface area contributed by atoms with Crippen LogP contribution in [0.4, 0.5) is 0 Å². The van der Waals surface area contributed by atoms with Crippen LogP contribution in [0.25, 0.3) is 0 Å². The van der Waals surface area contributed by atoms with E-state index in [0.717, 1.165) is 30.4 Å². The van der Waals surface area contributed by atoms with Crippen LogP contribution >= 0.6 is 23.2 Å². The molecular weight excluding hydrogens is 219 g/mol. The van der Waals surface area contributed by atoms with Gasteiger partial charge >= 0.3 is 0 Å². The molecule has 0 spiro atoms. The second kappa shape index (κ2) is 3.63. The van der Waals surface area contributed by atoms with Crippen molar-refractivity contribution in [3.8, 4) is 5.75 Å². The molecule has 1 aliphatic rings. The first-order valence-electron chi connectivity index (χ1n) is 4.82. The van der Waals surface area contributed by atoms with Crippen molar-refractivity contribution in [3.05, 3.63) is 27.2 Å². The molecule has 0 saturated heterocycles. The Kier molecular flexibility index (Phi) is 2.63. The number of phenols is 1. The van der Waals surface area contributed by atoms with Crippen LogP contribution in [-0.4, -0.2) is 5.11 Å². The van der Waals surface area contributed by atoms with Crippen molar-refractivity contribution in [2.75, 3.05) is 0 Å².